The molecule has 1 N–H and O–H groups in total. The maximum absolute atomic E-state index is 5.71. The Morgan fingerprint density at radius 3 is 2.50 bits per heavy atom. The summed E-state index contributed by atoms with van der Waals surface area (Å²) in [6.07, 6.45) is 1.04. The van der Waals surface area contributed by atoms with Crippen molar-refractivity contribution in [3.63, 3.8) is 0 Å². The van der Waals surface area contributed by atoms with Gasteiger partial charge in [0.25, 0.3) is 0 Å². The average Bonchev–Trinajstić information content (AvgIpc) is 2.40. The number of ether oxygens (including phenoxy) is 1. The molecular formula is C15H18N2O. The van der Waals surface area contributed by atoms with Gasteiger partial charge in [-0.05, 0) is 37.1 Å². The minimum absolute atomic E-state index is 0.609. The van der Waals surface area contributed by atoms with E-state index in [1.54, 1.807) is 0 Å². The minimum atomic E-state index is 0.609. The molecule has 0 atom stereocenters. The van der Waals surface area contributed by atoms with E-state index in [2.05, 4.69) is 29.4 Å². The van der Waals surface area contributed by atoms with Crippen LogP contribution >= 0.6 is 0 Å². The first-order chi connectivity index (χ1) is 8.81. The third kappa shape index (κ3) is 3.23. The van der Waals surface area contributed by atoms with Crippen LogP contribution in [0, 0.1) is 0 Å². The van der Waals surface area contributed by atoms with Gasteiger partial charge in [0, 0.05) is 12.6 Å². The van der Waals surface area contributed by atoms with Gasteiger partial charge in [-0.15, -0.1) is 0 Å². The molecule has 1 heterocycles. The largest absolute Gasteiger partial charge is 0.439 e. The first kappa shape index (κ1) is 12.4. The van der Waals surface area contributed by atoms with Crippen molar-refractivity contribution in [2.24, 2.45) is 0 Å². The SMILES string of the molecule is CCNc1cccc(Oc2ccc(CC)cc2)n1. The predicted molar refractivity (Wildman–Crippen MR) is 74.3 cm³/mol. The Balaban J connectivity index is 2.09. The predicted octanol–water partition coefficient (Wildman–Crippen LogP) is 3.87. The molecule has 3 nitrogen and oxygen atoms in total. The quantitative estimate of drug-likeness (QED) is 0.864. The van der Waals surface area contributed by atoms with Gasteiger partial charge in [-0.2, -0.15) is 4.98 Å². The number of hydrogen-bond acceptors (Lipinski definition) is 3. The van der Waals surface area contributed by atoms with Crippen LogP contribution in [0.2, 0.25) is 0 Å². The van der Waals surface area contributed by atoms with E-state index in [1.165, 1.54) is 5.56 Å². The highest BCUT2D eigenvalue weighted by molar-refractivity contribution is 5.38. The molecule has 0 radical (unpaired) electrons. The van der Waals surface area contributed by atoms with Crippen LogP contribution in [0.25, 0.3) is 0 Å². The van der Waals surface area contributed by atoms with Gasteiger partial charge in [0.15, 0.2) is 0 Å². The third-order valence-electron chi connectivity index (χ3n) is 2.64. The number of aromatic nitrogens is 1. The number of anilines is 1. The van der Waals surface area contributed by atoms with Crippen LogP contribution in [0.1, 0.15) is 19.4 Å². The standard InChI is InChI=1S/C15H18N2O/c1-3-12-8-10-13(11-9-12)18-15-7-5-6-14(17-15)16-4-2/h5-11H,3-4H2,1-2H3,(H,16,17). The lowest BCUT2D eigenvalue weighted by Crippen LogP contribution is -1.99. The summed E-state index contributed by atoms with van der Waals surface area (Å²) in [5.74, 6) is 2.26. The molecular weight excluding hydrogens is 224 g/mol. The number of hydrogen-bond donors (Lipinski definition) is 1. The van der Waals surface area contributed by atoms with Crippen LogP contribution in [0.5, 0.6) is 11.6 Å². The summed E-state index contributed by atoms with van der Waals surface area (Å²) in [4.78, 5) is 4.37. The highest BCUT2D eigenvalue weighted by atomic mass is 16.5. The zero-order valence-electron chi connectivity index (χ0n) is 10.8. The number of rotatable bonds is 5. The molecule has 0 saturated heterocycles. The lowest BCUT2D eigenvalue weighted by atomic mass is 10.2. The van der Waals surface area contributed by atoms with Crippen molar-refractivity contribution in [1.29, 1.82) is 0 Å². The molecule has 0 aliphatic heterocycles. The highest BCUT2D eigenvalue weighted by Crippen LogP contribution is 2.21. The highest BCUT2D eigenvalue weighted by Gasteiger charge is 2.00. The third-order valence-corrected chi connectivity index (χ3v) is 2.64. The number of nitrogens with one attached hydrogen (secondary N) is 1. The maximum Gasteiger partial charge on any atom is 0.221 e. The first-order valence-corrected chi connectivity index (χ1v) is 6.29. The molecule has 0 aliphatic rings. The number of nitrogens with zero attached hydrogens (tertiary/aromatic N) is 1. The van der Waals surface area contributed by atoms with Gasteiger partial charge in [0.1, 0.15) is 11.6 Å². The Hall–Kier alpha value is -2.03. The van der Waals surface area contributed by atoms with Crippen molar-refractivity contribution in [3.05, 3.63) is 48.0 Å². The summed E-state index contributed by atoms with van der Waals surface area (Å²) in [5, 5.41) is 3.16. The van der Waals surface area contributed by atoms with Gasteiger partial charge < -0.3 is 10.1 Å². The van der Waals surface area contributed by atoms with E-state index in [-0.39, 0.29) is 0 Å². The van der Waals surface area contributed by atoms with Crippen molar-refractivity contribution in [2.45, 2.75) is 20.3 Å². The summed E-state index contributed by atoms with van der Waals surface area (Å²) in [5.41, 5.74) is 1.30. The fourth-order valence-corrected chi connectivity index (χ4v) is 1.67. The Bertz CT molecular complexity index is 494. The van der Waals surface area contributed by atoms with Gasteiger partial charge in [-0.3, -0.25) is 0 Å². The van der Waals surface area contributed by atoms with Crippen molar-refractivity contribution >= 4 is 5.82 Å². The Labute approximate surface area is 108 Å². The van der Waals surface area contributed by atoms with Crippen LogP contribution < -0.4 is 10.1 Å². The molecule has 2 aromatic rings. The van der Waals surface area contributed by atoms with Gasteiger partial charge in [0.2, 0.25) is 5.88 Å². The van der Waals surface area contributed by atoms with Crippen molar-refractivity contribution in [1.82, 2.24) is 4.98 Å². The fourth-order valence-electron chi connectivity index (χ4n) is 1.67. The fraction of sp³-hybridized carbons (Fsp3) is 0.267. The molecule has 18 heavy (non-hydrogen) atoms. The molecule has 94 valence electrons. The first-order valence-electron chi connectivity index (χ1n) is 6.29. The van der Waals surface area contributed by atoms with Crippen molar-refractivity contribution < 1.29 is 4.74 Å². The van der Waals surface area contributed by atoms with Gasteiger partial charge in [-0.1, -0.05) is 25.1 Å². The molecule has 0 unspecified atom stereocenters. The summed E-state index contributed by atoms with van der Waals surface area (Å²) in [7, 11) is 0. The van der Waals surface area contributed by atoms with E-state index in [9.17, 15) is 0 Å². The van der Waals surface area contributed by atoms with Gasteiger partial charge >= 0.3 is 0 Å². The molecule has 0 amide bonds. The summed E-state index contributed by atoms with van der Waals surface area (Å²) < 4.78 is 5.71. The van der Waals surface area contributed by atoms with E-state index in [4.69, 9.17) is 4.74 Å². The minimum Gasteiger partial charge on any atom is -0.439 e. The van der Waals surface area contributed by atoms with Crippen molar-refractivity contribution in [3.8, 4) is 11.6 Å². The van der Waals surface area contributed by atoms with Gasteiger partial charge in [0.05, 0.1) is 0 Å². The zero-order chi connectivity index (χ0) is 12.8. The zero-order valence-corrected chi connectivity index (χ0v) is 10.8. The number of pyridine rings is 1. The lowest BCUT2D eigenvalue weighted by molar-refractivity contribution is 0.463. The Kier molecular flexibility index (Phi) is 4.18. The van der Waals surface area contributed by atoms with E-state index in [1.807, 2.05) is 37.3 Å². The summed E-state index contributed by atoms with van der Waals surface area (Å²) >= 11 is 0. The Morgan fingerprint density at radius 2 is 1.83 bits per heavy atom. The topological polar surface area (TPSA) is 34.1 Å². The van der Waals surface area contributed by atoms with Crippen LogP contribution in [0.4, 0.5) is 5.82 Å². The second kappa shape index (κ2) is 6.05. The van der Waals surface area contributed by atoms with E-state index in [0.29, 0.717) is 5.88 Å². The molecule has 0 bridgehead atoms. The normalized spacial score (nSPS) is 10.1. The van der Waals surface area contributed by atoms with Crippen molar-refractivity contribution in [2.75, 3.05) is 11.9 Å². The van der Waals surface area contributed by atoms with E-state index in [0.717, 1.165) is 24.5 Å². The monoisotopic (exact) mass is 242 g/mol. The lowest BCUT2D eigenvalue weighted by Gasteiger charge is -2.07. The van der Waals surface area contributed by atoms with Gasteiger partial charge in [-0.25, -0.2) is 0 Å². The molecule has 0 spiro atoms. The van der Waals surface area contributed by atoms with Crippen LogP contribution in [0.15, 0.2) is 42.5 Å². The van der Waals surface area contributed by atoms with Crippen LogP contribution in [-0.4, -0.2) is 11.5 Å². The molecule has 3 heteroatoms. The maximum atomic E-state index is 5.71. The average molecular weight is 242 g/mol. The molecule has 0 fully saturated rings. The number of benzene rings is 1. The second-order valence-electron chi connectivity index (χ2n) is 3.99. The summed E-state index contributed by atoms with van der Waals surface area (Å²) in [6, 6.07) is 13.8. The number of aryl methyl sites for hydroxylation is 1. The van der Waals surface area contributed by atoms with Crippen LogP contribution in [-0.2, 0) is 6.42 Å². The van der Waals surface area contributed by atoms with Crippen LogP contribution in [0.3, 0.4) is 0 Å². The molecule has 0 aliphatic carbocycles. The molecule has 0 saturated carbocycles. The van der Waals surface area contributed by atoms with E-state index >= 15 is 0 Å². The Morgan fingerprint density at radius 1 is 1.06 bits per heavy atom. The molecule has 1 aromatic carbocycles. The molecule has 1 aromatic heterocycles. The smallest absolute Gasteiger partial charge is 0.221 e. The second-order valence-corrected chi connectivity index (χ2v) is 3.99. The molecule has 2 rings (SSSR count). The van der Waals surface area contributed by atoms with E-state index < -0.39 is 0 Å². The summed E-state index contributed by atoms with van der Waals surface area (Å²) in [6.45, 7) is 5.03.